The Morgan fingerprint density at radius 3 is 2.81 bits per heavy atom. The van der Waals surface area contributed by atoms with Gasteiger partial charge >= 0.3 is 0 Å². The SMILES string of the molecule is Cc1cccc([N+](=O)[O-])c1NC(=O)C[NH+](C)Cc1ccc2c(c1)OCO2. The summed E-state index contributed by atoms with van der Waals surface area (Å²) in [5.41, 5.74) is 1.81. The molecule has 2 aromatic rings. The van der Waals surface area contributed by atoms with Crippen molar-refractivity contribution in [3.05, 3.63) is 57.6 Å². The monoisotopic (exact) mass is 358 g/mol. The van der Waals surface area contributed by atoms with Crippen LogP contribution in [-0.4, -0.2) is 31.2 Å². The van der Waals surface area contributed by atoms with Gasteiger partial charge in [-0.05, 0) is 30.7 Å². The second kappa shape index (κ2) is 7.40. The Hall–Kier alpha value is -3.13. The van der Waals surface area contributed by atoms with E-state index in [0.29, 0.717) is 17.9 Å². The molecule has 2 aromatic carbocycles. The van der Waals surface area contributed by atoms with Gasteiger partial charge in [0.1, 0.15) is 12.2 Å². The number of anilines is 1. The molecule has 1 amide bonds. The number of nitrogens with one attached hydrogen (secondary N) is 2. The Kier molecular flexibility index (Phi) is 5.04. The number of hydrogen-bond donors (Lipinski definition) is 2. The smallest absolute Gasteiger partial charge is 0.293 e. The molecule has 0 aromatic heterocycles. The quantitative estimate of drug-likeness (QED) is 0.599. The van der Waals surface area contributed by atoms with Gasteiger partial charge in [0.05, 0.1) is 12.0 Å². The van der Waals surface area contributed by atoms with Crippen LogP contribution < -0.4 is 19.7 Å². The summed E-state index contributed by atoms with van der Waals surface area (Å²) in [6, 6.07) is 10.4. The fourth-order valence-electron chi connectivity index (χ4n) is 2.89. The zero-order chi connectivity index (χ0) is 18.7. The summed E-state index contributed by atoms with van der Waals surface area (Å²) < 4.78 is 10.6. The van der Waals surface area contributed by atoms with E-state index < -0.39 is 4.92 Å². The predicted molar refractivity (Wildman–Crippen MR) is 94.5 cm³/mol. The van der Waals surface area contributed by atoms with Crippen molar-refractivity contribution in [2.24, 2.45) is 0 Å². The molecule has 1 heterocycles. The second-order valence-corrected chi connectivity index (χ2v) is 6.27. The van der Waals surface area contributed by atoms with Crippen LogP contribution in [0.25, 0.3) is 0 Å². The van der Waals surface area contributed by atoms with E-state index in [9.17, 15) is 14.9 Å². The van der Waals surface area contributed by atoms with Crippen LogP contribution in [0, 0.1) is 17.0 Å². The largest absolute Gasteiger partial charge is 0.454 e. The van der Waals surface area contributed by atoms with Crippen LogP contribution in [0.3, 0.4) is 0 Å². The van der Waals surface area contributed by atoms with Crippen LogP contribution in [0.2, 0.25) is 0 Å². The summed E-state index contributed by atoms with van der Waals surface area (Å²) in [5, 5.41) is 13.8. The van der Waals surface area contributed by atoms with E-state index in [-0.39, 0.29) is 30.6 Å². The molecule has 8 heteroatoms. The van der Waals surface area contributed by atoms with Crippen LogP contribution in [0.5, 0.6) is 11.5 Å². The summed E-state index contributed by atoms with van der Waals surface area (Å²) in [6.45, 7) is 2.74. The summed E-state index contributed by atoms with van der Waals surface area (Å²) in [7, 11) is 1.89. The van der Waals surface area contributed by atoms with Crippen molar-refractivity contribution in [1.82, 2.24) is 0 Å². The maximum absolute atomic E-state index is 12.3. The summed E-state index contributed by atoms with van der Waals surface area (Å²) in [4.78, 5) is 23.9. The van der Waals surface area contributed by atoms with E-state index in [1.807, 2.05) is 25.2 Å². The van der Waals surface area contributed by atoms with Crippen molar-refractivity contribution in [2.45, 2.75) is 13.5 Å². The van der Waals surface area contributed by atoms with Crippen molar-refractivity contribution in [1.29, 1.82) is 0 Å². The van der Waals surface area contributed by atoms with E-state index in [4.69, 9.17) is 9.47 Å². The van der Waals surface area contributed by atoms with Crippen molar-refractivity contribution in [3.63, 3.8) is 0 Å². The highest BCUT2D eigenvalue weighted by atomic mass is 16.7. The lowest BCUT2D eigenvalue weighted by Gasteiger charge is -2.15. The number of hydrogen-bond acceptors (Lipinski definition) is 5. The minimum absolute atomic E-state index is 0.105. The third-order valence-electron chi connectivity index (χ3n) is 4.12. The number of rotatable bonds is 6. The molecule has 8 nitrogen and oxygen atoms in total. The molecule has 0 saturated carbocycles. The number of quaternary nitrogens is 1. The number of para-hydroxylation sites is 1. The van der Waals surface area contributed by atoms with Gasteiger partial charge in [-0.25, -0.2) is 0 Å². The number of benzene rings is 2. The lowest BCUT2D eigenvalue weighted by atomic mass is 10.1. The van der Waals surface area contributed by atoms with E-state index in [1.165, 1.54) is 6.07 Å². The van der Waals surface area contributed by atoms with Gasteiger partial charge in [-0.3, -0.25) is 14.9 Å². The van der Waals surface area contributed by atoms with Gasteiger partial charge in [0.2, 0.25) is 6.79 Å². The van der Waals surface area contributed by atoms with E-state index >= 15 is 0 Å². The lowest BCUT2D eigenvalue weighted by Crippen LogP contribution is -3.08. The zero-order valence-corrected chi connectivity index (χ0v) is 14.6. The standard InChI is InChI=1S/C18H19N3O5/c1-12-4-3-5-14(21(23)24)18(12)19-17(22)10-20(2)9-13-6-7-15-16(8-13)26-11-25-15/h3-8H,9-11H2,1-2H3,(H,19,22)/p+1. The van der Waals surface area contributed by atoms with Gasteiger partial charge in [0, 0.05) is 11.6 Å². The van der Waals surface area contributed by atoms with Crippen LogP contribution in [-0.2, 0) is 11.3 Å². The van der Waals surface area contributed by atoms with Crippen molar-refractivity contribution in [3.8, 4) is 11.5 Å². The number of carbonyl (C=O) groups is 1. The Morgan fingerprint density at radius 1 is 1.27 bits per heavy atom. The summed E-state index contributed by atoms with van der Waals surface area (Å²) >= 11 is 0. The highest BCUT2D eigenvalue weighted by molar-refractivity contribution is 5.94. The number of nitro groups is 1. The molecular weight excluding hydrogens is 338 g/mol. The molecule has 0 fully saturated rings. The number of amides is 1. The first-order chi connectivity index (χ1) is 12.4. The maximum atomic E-state index is 12.3. The van der Waals surface area contributed by atoms with E-state index in [2.05, 4.69) is 5.32 Å². The molecule has 0 aliphatic carbocycles. The third kappa shape index (κ3) is 3.92. The number of aryl methyl sites for hydroxylation is 1. The predicted octanol–water partition coefficient (Wildman–Crippen LogP) is 1.29. The highest BCUT2D eigenvalue weighted by Gasteiger charge is 2.20. The van der Waals surface area contributed by atoms with Crippen LogP contribution in [0.15, 0.2) is 36.4 Å². The molecule has 26 heavy (non-hydrogen) atoms. The molecular formula is C18H20N3O5+. The minimum atomic E-state index is -0.494. The van der Waals surface area contributed by atoms with Crippen molar-refractivity contribution in [2.75, 3.05) is 25.7 Å². The molecule has 0 spiro atoms. The normalized spacial score (nSPS) is 13.3. The number of carbonyl (C=O) groups excluding carboxylic acids is 1. The van der Waals surface area contributed by atoms with Gasteiger partial charge in [-0.1, -0.05) is 12.1 Å². The lowest BCUT2D eigenvalue weighted by molar-refractivity contribution is -0.885. The molecule has 0 saturated heterocycles. The average molecular weight is 358 g/mol. The first-order valence-electron chi connectivity index (χ1n) is 8.17. The molecule has 1 aliphatic heterocycles. The molecule has 0 radical (unpaired) electrons. The first-order valence-corrected chi connectivity index (χ1v) is 8.17. The molecule has 1 unspecified atom stereocenters. The fraction of sp³-hybridized carbons (Fsp3) is 0.278. The zero-order valence-electron chi connectivity index (χ0n) is 14.6. The van der Waals surface area contributed by atoms with Gasteiger partial charge in [-0.15, -0.1) is 0 Å². The minimum Gasteiger partial charge on any atom is -0.454 e. The van der Waals surface area contributed by atoms with Crippen LogP contribution in [0.1, 0.15) is 11.1 Å². The molecule has 3 rings (SSSR count). The topological polar surface area (TPSA) is 95.1 Å². The van der Waals surface area contributed by atoms with Crippen molar-refractivity contribution >= 4 is 17.3 Å². The Balaban J connectivity index is 1.62. The number of nitro benzene ring substituents is 1. The van der Waals surface area contributed by atoms with Gasteiger partial charge in [0.25, 0.3) is 11.6 Å². The Bertz CT molecular complexity index is 853. The first kappa shape index (κ1) is 17.7. The fourth-order valence-corrected chi connectivity index (χ4v) is 2.89. The molecule has 136 valence electrons. The number of ether oxygens (including phenoxy) is 2. The Morgan fingerprint density at radius 2 is 2.04 bits per heavy atom. The third-order valence-corrected chi connectivity index (χ3v) is 4.12. The molecule has 1 atom stereocenters. The molecule has 1 aliphatic rings. The van der Waals surface area contributed by atoms with Crippen molar-refractivity contribution < 1.29 is 24.1 Å². The van der Waals surface area contributed by atoms with Gasteiger partial charge in [-0.2, -0.15) is 0 Å². The molecule has 2 N–H and O–H groups in total. The second-order valence-electron chi connectivity index (χ2n) is 6.27. The summed E-state index contributed by atoms with van der Waals surface area (Å²) in [6.07, 6.45) is 0. The maximum Gasteiger partial charge on any atom is 0.293 e. The van der Waals surface area contributed by atoms with Gasteiger partial charge in [0.15, 0.2) is 18.0 Å². The highest BCUT2D eigenvalue weighted by Crippen LogP contribution is 2.32. The van der Waals surface area contributed by atoms with Gasteiger partial charge < -0.3 is 19.7 Å². The van der Waals surface area contributed by atoms with E-state index in [0.717, 1.165) is 16.2 Å². The Labute approximate surface area is 150 Å². The number of likely N-dealkylation sites (N-methyl/N-ethyl adjacent to an activating group) is 1. The number of nitrogens with zero attached hydrogens (tertiary/aromatic N) is 1. The summed E-state index contributed by atoms with van der Waals surface area (Å²) in [5.74, 6) is 1.15. The molecule has 0 bridgehead atoms. The van der Waals surface area contributed by atoms with Crippen LogP contribution in [0.4, 0.5) is 11.4 Å². The average Bonchev–Trinajstić information content (AvgIpc) is 3.04. The van der Waals surface area contributed by atoms with Crippen LogP contribution >= 0.6 is 0 Å². The van der Waals surface area contributed by atoms with E-state index in [1.54, 1.807) is 19.1 Å². The number of fused-ring (bicyclic) bond motifs is 1.